The van der Waals surface area contributed by atoms with Crippen molar-refractivity contribution in [1.29, 1.82) is 0 Å². The fourth-order valence-electron chi connectivity index (χ4n) is 3.01. The third-order valence-electron chi connectivity index (χ3n) is 4.26. The van der Waals surface area contributed by atoms with Crippen LogP contribution in [0.3, 0.4) is 0 Å². The van der Waals surface area contributed by atoms with Gasteiger partial charge in [-0.15, -0.1) is 0 Å². The molecule has 24 heavy (non-hydrogen) atoms. The molecular formula is C18H25N5O. The van der Waals surface area contributed by atoms with E-state index in [4.69, 9.17) is 5.73 Å². The summed E-state index contributed by atoms with van der Waals surface area (Å²) in [4.78, 5) is 10.7. The molecule has 0 saturated heterocycles. The lowest BCUT2D eigenvalue weighted by molar-refractivity contribution is 0.0732. The van der Waals surface area contributed by atoms with Crippen LogP contribution < -0.4 is 11.1 Å². The van der Waals surface area contributed by atoms with Crippen LogP contribution in [-0.4, -0.2) is 40.2 Å². The highest BCUT2D eigenvalue weighted by Crippen LogP contribution is 2.36. The molecule has 0 unspecified atom stereocenters. The minimum atomic E-state index is -0.206. The summed E-state index contributed by atoms with van der Waals surface area (Å²) in [6, 6.07) is 10.4. The van der Waals surface area contributed by atoms with Crippen LogP contribution in [-0.2, 0) is 13.1 Å². The number of anilines is 2. The minimum Gasteiger partial charge on any atom is -0.393 e. The third kappa shape index (κ3) is 4.21. The zero-order valence-corrected chi connectivity index (χ0v) is 14.2. The highest BCUT2D eigenvalue weighted by Gasteiger charge is 2.30. The zero-order valence-electron chi connectivity index (χ0n) is 14.2. The molecular weight excluding hydrogens is 302 g/mol. The summed E-state index contributed by atoms with van der Waals surface area (Å²) < 4.78 is 0. The lowest BCUT2D eigenvalue weighted by atomic mass is 9.80. The van der Waals surface area contributed by atoms with Crippen LogP contribution in [0.2, 0.25) is 0 Å². The Labute approximate surface area is 142 Å². The number of hydrogen-bond acceptors (Lipinski definition) is 6. The number of nitrogen functional groups attached to an aromatic ring is 1. The Kier molecular flexibility index (Phi) is 4.97. The van der Waals surface area contributed by atoms with E-state index in [1.54, 1.807) is 0 Å². The number of benzene rings is 1. The Morgan fingerprint density at radius 3 is 2.67 bits per heavy atom. The number of nitrogens with zero attached hydrogens (tertiary/aromatic N) is 3. The standard InChI is InChI=1S/C18H25N5O/c1-23(2)11-13-5-3-4-12(6-13)10-20-17-9-16(21-18(19)22-17)14-7-15(24)8-14/h3-6,9,14-15,24H,7-8,10-11H2,1-2H3,(H3,19,20,21,22). The maximum atomic E-state index is 9.46. The largest absolute Gasteiger partial charge is 0.393 e. The van der Waals surface area contributed by atoms with E-state index in [-0.39, 0.29) is 18.0 Å². The first-order chi connectivity index (χ1) is 11.5. The molecule has 1 aliphatic rings. The van der Waals surface area contributed by atoms with Crippen LogP contribution in [0.15, 0.2) is 30.3 Å². The summed E-state index contributed by atoms with van der Waals surface area (Å²) in [6.45, 7) is 1.60. The second-order valence-electron chi connectivity index (χ2n) is 6.77. The molecule has 0 radical (unpaired) electrons. The molecule has 0 aliphatic heterocycles. The first-order valence-electron chi connectivity index (χ1n) is 8.28. The van der Waals surface area contributed by atoms with Crippen LogP contribution in [0.25, 0.3) is 0 Å². The van der Waals surface area contributed by atoms with Gasteiger partial charge in [0.2, 0.25) is 5.95 Å². The van der Waals surface area contributed by atoms with E-state index in [0.29, 0.717) is 6.54 Å². The van der Waals surface area contributed by atoms with Gasteiger partial charge in [-0.1, -0.05) is 24.3 Å². The van der Waals surface area contributed by atoms with E-state index in [2.05, 4.69) is 58.5 Å². The van der Waals surface area contributed by atoms with Crippen LogP contribution >= 0.6 is 0 Å². The SMILES string of the molecule is CN(C)Cc1cccc(CNc2cc(C3CC(O)C3)nc(N)n2)c1. The number of rotatable bonds is 6. The molecule has 1 aromatic heterocycles. The zero-order chi connectivity index (χ0) is 17.1. The van der Waals surface area contributed by atoms with Crippen LogP contribution in [0.1, 0.15) is 35.6 Å². The van der Waals surface area contributed by atoms with Crippen LogP contribution in [0.4, 0.5) is 11.8 Å². The van der Waals surface area contributed by atoms with E-state index >= 15 is 0 Å². The molecule has 1 saturated carbocycles. The summed E-state index contributed by atoms with van der Waals surface area (Å²) in [6.07, 6.45) is 1.30. The van der Waals surface area contributed by atoms with Gasteiger partial charge >= 0.3 is 0 Å². The summed E-state index contributed by atoms with van der Waals surface area (Å²) in [5.74, 6) is 1.30. The molecule has 128 valence electrons. The van der Waals surface area contributed by atoms with Crippen molar-refractivity contribution < 1.29 is 5.11 Å². The number of hydrogen-bond donors (Lipinski definition) is 3. The molecule has 0 bridgehead atoms. The van der Waals surface area contributed by atoms with Gasteiger partial charge in [-0.2, -0.15) is 4.98 Å². The predicted molar refractivity (Wildman–Crippen MR) is 95.6 cm³/mol. The summed E-state index contributed by atoms with van der Waals surface area (Å²) in [5.41, 5.74) is 9.23. The van der Waals surface area contributed by atoms with Gasteiger partial charge in [0, 0.05) is 25.1 Å². The molecule has 2 aromatic rings. The number of aromatic nitrogens is 2. The molecule has 0 spiro atoms. The molecule has 6 heteroatoms. The van der Waals surface area contributed by atoms with Gasteiger partial charge in [0.05, 0.1) is 11.8 Å². The van der Waals surface area contributed by atoms with Crippen molar-refractivity contribution >= 4 is 11.8 Å². The maximum absolute atomic E-state index is 9.46. The quantitative estimate of drug-likeness (QED) is 0.752. The van der Waals surface area contributed by atoms with Gasteiger partial charge in [0.1, 0.15) is 5.82 Å². The lowest BCUT2D eigenvalue weighted by Crippen LogP contribution is -2.27. The fraction of sp³-hybridized carbons (Fsp3) is 0.444. The van der Waals surface area contributed by atoms with E-state index in [0.717, 1.165) is 30.9 Å². The molecule has 1 heterocycles. The van der Waals surface area contributed by atoms with Gasteiger partial charge < -0.3 is 21.1 Å². The molecule has 1 fully saturated rings. The first-order valence-corrected chi connectivity index (χ1v) is 8.28. The average molecular weight is 327 g/mol. The molecule has 1 aliphatic carbocycles. The number of nitrogens with one attached hydrogen (secondary N) is 1. The number of aliphatic hydroxyl groups is 1. The molecule has 4 N–H and O–H groups in total. The van der Waals surface area contributed by atoms with Gasteiger partial charge in [-0.25, -0.2) is 4.98 Å². The normalized spacial score (nSPS) is 20.0. The molecule has 1 aromatic carbocycles. The highest BCUT2D eigenvalue weighted by molar-refractivity contribution is 5.42. The summed E-state index contributed by atoms with van der Waals surface area (Å²) >= 11 is 0. The lowest BCUT2D eigenvalue weighted by Gasteiger charge is -2.30. The van der Waals surface area contributed by atoms with Crippen molar-refractivity contribution in [2.45, 2.75) is 38.0 Å². The van der Waals surface area contributed by atoms with Crippen molar-refractivity contribution in [3.05, 3.63) is 47.2 Å². The fourth-order valence-corrected chi connectivity index (χ4v) is 3.01. The maximum Gasteiger partial charge on any atom is 0.222 e. The summed E-state index contributed by atoms with van der Waals surface area (Å²) in [7, 11) is 4.13. The molecule has 0 atom stereocenters. The second kappa shape index (κ2) is 7.15. The highest BCUT2D eigenvalue weighted by atomic mass is 16.3. The number of nitrogens with two attached hydrogens (primary N) is 1. The topological polar surface area (TPSA) is 87.3 Å². The Balaban J connectivity index is 1.66. The van der Waals surface area contributed by atoms with Gasteiger partial charge in [-0.3, -0.25) is 0 Å². The van der Waals surface area contributed by atoms with Crippen molar-refractivity contribution in [2.24, 2.45) is 0 Å². The van der Waals surface area contributed by atoms with Gasteiger partial charge in [0.15, 0.2) is 0 Å². The monoisotopic (exact) mass is 327 g/mol. The van der Waals surface area contributed by atoms with E-state index in [9.17, 15) is 5.11 Å². The second-order valence-corrected chi connectivity index (χ2v) is 6.77. The molecule has 0 amide bonds. The third-order valence-corrected chi connectivity index (χ3v) is 4.26. The minimum absolute atomic E-state index is 0.206. The predicted octanol–water partition coefficient (Wildman–Crippen LogP) is 1.97. The van der Waals surface area contributed by atoms with Crippen molar-refractivity contribution in [3.63, 3.8) is 0 Å². The molecule has 3 rings (SSSR count). The van der Waals surface area contributed by atoms with Crippen molar-refractivity contribution in [3.8, 4) is 0 Å². The number of aliphatic hydroxyl groups excluding tert-OH is 1. The Bertz CT molecular complexity index is 698. The molecule has 6 nitrogen and oxygen atoms in total. The van der Waals surface area contributed by atoms with Crippen LogP contribution in [0, 0.1) is 0 Å². The van der Waals surface area contributed by atoms with Crippen molar-refractivity contribution in [1.82, 2.24) is 14.9 Å². The van der Waals surface area contributed by atoms with Gasteiger partial charge in [-0.05, 0) is 38.1 Å². The van der Waals surface area contributed by atoms with E-state index < -0.39 is 0 Å². The smallest absolute Gasteiger partial charge is 0.222 e. The van der Waals surface area contributed by atoms with Crippen molar-refractivity contribution in [2.75, 3.05) is 25.1 Å². The van der Waals surface area contributed by atoms with Gasteiger partial charge in [0.25, 0.3) is 0 Å². The Hall–Kier alpha value is -2.18. The van der Waals surface area contributed by atoms with Crippen LogP contribution in [0.5, 0.6) is 0 Å². The Morgan fingerprint density at radius 2 is 1.96 bits per heavy atom. The average Bonchev–Trinajstić information content (AvgIpc) is 2.49. The Morgan fingerprint density at radius 1 is 1.21 bits per heavy atom. The van der Waals surface area contributed by atoms with E-state index in [1.165, 1.54) is 11.1 Å². The summed E-state index contributed by atoms with van der Waals surface area (Å²) in [5, 5.41) is 12.8. The van der Waals surface area contributed by atoms with E-state index in [1.807, 2.05) is 6.07 Å². The first kappa shape index (κ1) is 16.7.